The average Bonchev–Trinajstić information content (AvgIpc) is 2.42. The van der Waals surface area contributed by atoms with Gasteiger partial charge in [-0.15, -0.1) is 0 Å². The van der Waals surface area contributed by atoms with Crippen LogP contribution in [-0.4, -0.2) is 11.5 Å². The van der Waals surface area contributed by atoms with Gasteiger partial charge in [0.15, 0.2) is 0 Å². The highest BCUT2D eigenvalue weighted by Gasteiger charge is 2.15. The largest absolute Gasteiger partial charge is 0.323 e. The first-order chi connectivity index (χ1) is 9.11. The van der Waals surface area contributed by atoms with E-state index >= 15 is 0 Å². The van der Waals surface area contributed by atoms with Crippen molar-refractivity contribution in [1.82, 2.24) is 0 Å². The molecule has 0 fully saturated rings. The molecule has 96 valence electrons. The molecular weight excluding hydrogens is 236 g/mol. The van der Waals surface area contributed by atoms with Crippen molar-refractivity contribution < 1.29 is 4.79 Å². The molecule has 0 aliphatic carbocycles. The van der Waals surface area contributed by atoms with Crippen LogP contribution in [0.4, 0.5) is 0 Å². The highest BCUT2D eigenvalue weighted by Crippen LogP contribution is 2.11. The summed E-state index contributed by atoms with van der Waals surface area (Å²) in [5.41, 5.74) is 3.85. The van der Waals surface area contributed by atoms with Gasteiger partial charge < -0.3 is 5.84 Å². The fourth-order valence-electron chi connectivity index (χ4n) is 1.82. The van der Waals surface area contributed by atoms with E-state index in [1.54, 1.807) is 12.1 Å². The van der Waals surface area contributed by atoms with E-state index < -0.39 is 0 Å². The standard InChI is InChI=1S/C16H16N2O/c1-11-3-7-13(8-4-11)15(18-17)16(19)14-9-5-12(2)6-10-14/h3-10H,17H2,1-2H3. The molecule has 0 amide bonds. The molecule has 0 unspecified atom stereocenters. The highest BCUT2D eigenvalue weighted by molar-refractivity contribution is 6.51. The molecule has 0 aromatic heterocycles. The van der Waals surface area contributed by atoms with Crippen LogP contribution < -0.4 is 5.84 Å². The Labute approximate surface area is 112 Å². The molecule has 19 heavy (non-hydrogen) atoms. The molecule has 0 saturated heterocycles. The second kappa shape index (κ2) is 5.48. The second-order valence-corrected chi connectivity index (χ2v) is 4.54. The normalized spacial score (nSPS) is 11.4. The van der Waals surface area contributed by atoms with E-state index in [1.807, 2.05) is 50.2 Å². The molecule has 0 atom stereocenters. The lowest BCUT2D eigenvalue weighted by atomic mass is 9.99. The SMILES string of the molecule is Cc1ccc(C(=O)C(=NN)c2ccc(C)cc2)cc1. The summed E-state index contributed by atoms with van der Waals surface area (Å²) in [4.78, 5) is 12.4. The first-order valence-electron chi connectivity index (χ1n) is 6.08. The topological polar surface area (TPSA) is 55.5 Å². The molecule has 2 aromatic carbocycles. The van der Waals surface area contributed by atoms with Crippen LogP contribution in [0.3, 0.4) is 0 Å². The number of carbonyl (C=O) groups is 1. The van der Waals surface area contributed by atoms with Gasteiger partial charge in [-0.1, -0.05) is 59.7 Å². The van der Waals surface area contributed by atoms with Gasteiger partial charge in [-0.2, -0.15) is 5.10 Å². The average molecular weight is 252 g/mol. The van der Waals surface area contributed by atoms with Crippen molar-refractivity contribution in [3.63, 3.8) is 0 Å². The number of nitrogens with zero attached hydrogens (tertiary/aromatic N) is 1. The van der Waals surface area contributed by atoms with Gasteiger partial charge in [-0.25, -0.2) is 0 Å². The first kappa shape index (κ1) is 13.0. The van der Waals surface area contributed by atoms with E-state index in [2.05, 4.69) is 5.10 Å². The van der Waals surface area contributed by atoms with Gasteiger partial charge in [0.2, 0.25) is 5.78 Å². The highest BCUT2D eigenvalue weighted by atomic mass is 16.1. The smallest absolute Gasteiger partial charge is 0.213 e. The zero-order valence-electron chi connectivity index (χ0n) is 11.1. The summed E-state index contributed by atoms with van der Waals surface area (Å²) in [6.45, 7) is 3.97. The molecule has 2 N–H and O–H groups in total. The quantitative estimate of drug-likeness (QED) is 0.395. The predicted octanol–water partition coefficient (Wildman–Crippen LogP) is 2.85. The monoisotopic (exact) mass is 252 g/mol. The minimum absolute atomic E-state index is 0.161. The number of hydrogen-bond acceptors (Lipinski definition) is 3. The molecule has 0 radical (unpaired) electrons. The Morgan fingerprint density at radius 2 is 1.26 bits per heavy atom. The number of nitrogens with two attached hydrogens (primary N) is 1. The maximum atomic E-state index is 12.4. The van der Waals surface area contributed by atoms with Crippen LogP contribution >= 0.6 is 0 Å². The van der Waals surface area contributed by atoms with Gasteiger partial charge in [0, 0.05) is 11.1 Å². The summed E-state index contributed by atoms with van der Waals surface area (Å²) in [5.74, 6) is 5.22. The fraction of sp³-hybridized carbons (Fsp3) is 0.125. The maximum absolute atomic E-state index is 12.4. The van der Waals surface area contributed by atoms with Crippen LogP contribution in [0.2, 0.25) is 0 Å². The van der Waals surface area contributed by atoms with Crippen LogP contribution in [0.1, 0.15) is 27.0 Å². The summed E-state index contributed by atoms with van der Waals surface area (Å²) in [5, 5.41) is 3.65. The third-order valence-corrected chi connectivity index (χ3v) is 2.98. The molecule has 3 nitrogen and oxygen atoms in total. The van der Waals surface area contributed by atoms with Crippen molar-refractivity contribution in [2.75, 3.05) is 0 Å². The van der Waals surface area contributed by atoms with Crippen LogP contribution in [0.5, 0.6) is 0 Å². The van der Waals surface area contributed by atoms with Gasteiger partial charge in [0.05, 0.1) is 0 Å². The minimum atomic E-state index is -0.161. The molecule has 0 spiro atoms. The first-order valence-corrected chi connectivity index (χ1v) is 6.08. The maximum Gasteiger partial charge on any atom is 0.213 e. The Hall–Kier alpha value is -2.42. The van der Waals surface area contributed by atoms with Gasteiger partial charge in [0.1, 0.15) is 5.71 Å². The Morgan fingerprint density at radius 3 is 1.68 bits per heavy atom. The Bertz CT molecular complexity index is 610. The van der Waals surface area contributed by atoms with Crippen molar-refractivity contribution >= 4 is 11.5 Å². The number of rotatable bonds is 3. The van der Waals surface area contributed by atoms with E-state index in [1.165, 1.54) is 0 Å². The summed E-state index contributed by atoms with van der Waals surface area (Å²) in [7, 11) is 0. The molecule has 3 heteroatoms. The summed E-state index contributed by atoms with van der Waals surface area (Å²) in [6, 6.07) is 15.0. The minimum Gasteiger partial charge on any atom is -0.323 e. The van der Waals surface area contributed by atoms with Crippen molar-refractivity contribution in [2.24, 2.45) is 10.9 Å². The molecule has 0 aliphatic rings. The van der Waals surface area contributed by atoms with E-state index in [0.29, 0.717) is 5.56 Å². The van der Waals surface area contributed by atoms with Crippen molar-refractivity contribution in [3.8, 4) is 0 Å². The number of hydrogen-bond donors (Lipinski definition) is 1. The van der Waals surface area contributed by atoms with Crippen LogP contribution in [0.25, 0.3) is 0 Å². The van der Waals surface area contributed by atoms with E-state index in [-0.39, 0.29) is 11.5 Å². The lowest BCUT2D eigenvalue weighted by Gasteiger charge is -2.05. The number of benzene rings is 2. The van der Waals surface area contributed by atoms with E-state index in [0.717, 1.165) is 16.7 Å². The van der Waals surface area contributed by atoms with Gasteiger partial charge >= 0.3 is 0 Å². The second-order valence-electron chi connectivity index (χ2n) is 4.54. The van der Waals surface area contributed by atoms with Crippen LogP contribution in [0.15, 0.2) is 53.6 Å². The number of ketones is 1. The zero-order valence-corrected chi connectivity index (χ0v) is 11.1. The molecular formula is C16H16N2O. The lowest BCUT2D eigenvalue weighted by molar-refractivity contribution is 0.106. The molecule has 2 aromatic rings. The third-order valence-electron chi connectivity index (χ3n) is 2.98. The molecule has 0 aliphatic heterocycles. The molecule has 2 rings (SSSR count). The zero-order chi connectivity index (χ0) is 13.8. The Balaban J connectivity index is 2.35. The van der Waals surface area contributed by atoms with Crippen molar-refractivity contribution in [2.45, 2.75) is 13.8 Å². The van der Waals surface area contributed by atoms with Gasteiger partial charge in [-0.05, 0) is 13.8 Å². The van der Waals surface area contributed by atoms with Crippen molar-refractivity contribution in [1.29, 1.82) is 0 Å². The van der Waals surface area contributed by atoms with Gasteiger partial charge in [0.25, 0.3) is 0 Å². The number of hydrazone groups is 1. The van der Waals surface area contributed by atoms with Crippen molar-refractivity contribution in [3.05, 3.63) is 70.8 Å². The lowest BCUT2D eigenvalue weighted by Crippen LogP contribution is -2.17. The molecule has 0 saturated carbocycles. The number of aryl methyl sites for hydroxylation is 2. The van der Waals surface area contributed by atoms with Crippen LogP contribution in [-0.2, 0) is 0 Å². The number of Topliss-reactive ketones (excluding diaryl/α,β-unsaturated/α-hetero) is 1. The molecule has 0 bridgehead atoms. The number of carbonyl (C=O) groups excluding carboxylic acids is 1. The summed E-state index contributed by atoms with van der Waals surface area (Å²) < 4.78 is 0. The predicted molar refractivity (Wildman–Crippen MR) is 77.4 cm³/mol. The van der Waals surface area contributed by atoms with E-state index in [9.17, 15) is 4.79 Å². The third kappa shape index (κ3) is 2.88. The summed E-state index contributed by atoms with van der Waals surface area (Å²) in [6.07, 6.45) is 0. The van der Waals surface area contributed by atoms with Crippen LogP contribution in [0, 0.1) is 13.8 Å². The Morgan fingerprint density at radius 1 is 0.842 bits per heavy atom. The Kier molecular flexibility index (Phi) is 3.76. The summed E-state index contributed by atoms with van der Waals surface area (Å²) >= 11 is 0. The molecule has 0 heterocycles. The fourth-order valence-corrected chi connectivity index (χ4v) is 1.82. The van der Waals surface area contributed by atoms with E-state index in [4.69, 9.17) is 5.84 Å². The van der Waals surface area contributed by atoms with Gasteiger partial charge in [-0.3, -0.25) is 4.79 Å².